The van der Waals surface area contributed by atoms with Crippen molar-refractivity contribution in [1.29, 1.82) is 0 Å². The van der Waals surface area contributed by atoms with Crippen molar-refractivity contribution in [2.75, 3.05) is 11.5 Å². The Balaban J connectivity index is 2.11. The molecule has 90 valence electrons. The average Bonchev–Trinajstić information content (AvgIpc) is 2.70. The topological polar surface area (TPSA) is 54.4 Å². The first-order chi connectivity index (χ1) is 7.74. The van der Waals surface area contributed by atoms with E-state index in [2.05, 4.69) is 6.08 Å². The SMILES string of the molecule is O=C[C@H]1CSC[C@@H]1C/C=C\CCCC(=O)O. The van der Waals surface area contributed by atoms with Crippen molar-refractivity contribution in [1.82, 2.24) is 0 Å². The summed E-state index contributed by atoms with van der Waals surface area (Å²) in [5.41, 5.74) is 0. The first-order valence-electron chi connectivity index (χ1n) is 5.64. The Morgan fingerprint density at radius 1 is 1.38 bits per heavy atom. The lowest BCUT2D eigenvalue weighted by atomic mass is 9.94. The maximum absolute atomic E-state index is 10.7. The maximum Gasteiger partial charge on any atom is 0.303 e. The summed E-state index contributed by atoms with van der Waals surface area (Å²) in [5.74, 6) is 2.00. The Kier molecular flexibility index (Phi) is 6.23. The van der Waals surface area contributed by atoms with Gasteiger partial charge in [0.15, 0.2) is 0 Å². The van der Waals surface area contributed by atoms with Crippen molar-refractivity contribution in [3.05, 3.63) is 12.2 Å². The van der Waals surface area contributed by atoms with Gasteiger partial charge in [-0.1, -0.05) is 12.2 Å². The van der Waals surface area contributed by atoms with Gasteiger partial charge in [0.25, 0.3) is 0 Å². The highest BCUT2D eigenvalue weighted by molar-refractivity contribution is 7.99. The molecule has 4 heteroatoms. The molecule has 1 saturated heterocycles. The van der Waals surface area contributed by atoms with E-state index in [1.807, 2.05) is 17.8 Å². The van der Waals surface area contributed by atoms with Crippen molar-refractivity contribution >= 4 is 24.0 Å². The fourth-order valence-electron chi connectivity index (χ4n) is 1.77. The van der Waals surface area contributed by atoms with Crippen LogP contribution in [0.5, 0.6) is 0 Å². The molecule has 1 aliphatic rings. The van der Waals surface area contributed by atoms with Crippen LogP contribution in [0.25, 0.3) is 0 Å². The number of thioether (sulfide) groups is 1. The number of aliphatic carboxylic acids is 1. The molecule has 0 aliphatic carbocycles. The Morgan fingerprint density at radius 2 is 2.19 bits per heavy atom. The minimum absolute atomic E-state index is 0.216. The number of aldehydes is 1. The summed E-state index contributed by atoms with van der Waals surface area (Å²) in [6, 6.07) is 0. The summed E-state index contributed by atoms with van der Waals surface area (Å²) >= 11 is 1.84. The Hall–Kier alpha value is -0.770. The summed E-state index contributed by atoms with van der Waals surface area (Å²) in [6.07, 6.45) is 7.90. The first kappa shape index (κ1) is 13.3. The van der Waals surface area contributed by atoms with E-state index in [1.165, 1.54) is 0 Å². The van der Waals surface area contributed by atoms with Gasteiger partial charge >= 0.3 is 5.97 Å². The van der Waals surface area contributed by atoms with Crippen LogP contribution in [-0.2, 0) is 9.59 Å². The van der Waals surface area contributed by atoms with Crippen molar-refractivity contribution in [2.24, 2.45) is 11.8 Å². The van der Waals surface area contributed by atoms with E-state index in [9.17, 15) is 9.59 Å². The molecule has 1 fully saturated rings. The Labute approximate surface area is 100 Å². The number of carboxylic acid groups (broad SMARTS) is 1. The number of carboxylic acids is 1. The highest BCUT2D eigenvalue weighted by atomic mass is 32.2. The summed E-state index contributed by atoms with van der Waals surface area (Å²) in [4.78, 5) is 21.0. The molecule has 16 heavy (non-hydrogen) atoms. The van der Waals surface area contributed by atoms with Crippen LogP contribution in [0.4, 0.5) is 0 Å². The fourth-order valence-corrected chi connectivity index (χ4v) is 3.21. The number of hydrogen-bond acceptors (Lipinski definition) is 3. The molecule has 0 aromatic rings. The second kappa shape index (κ2) is 7.49. The molecule has 0 spiro atoms. The standard InChI is InChI=1S/C12H18O3S/c13-7-11-9-16-8-10(11)5-3-1-2-4-6-12(14)15/h1,3,7,10-11H,2,4-6,8-9H2,(H,14,15)/b3-1-/t10-,11-/m0/s1. The number of hydrogen-bond donors (Lipinski definition) is 1. The van der Waals surface area contributed by atoms with Gasteiger partial charge in [-0.05, 0) is 30.9 Å². The molecule has 3 nitrogen and oxygen atoms in total. The zero-order valence-corrected chi connectivity index (χ0v) is 10.1. The third-order valence-electron chi connectivity index (χ3n) is 2.79. The lowest BCUT2D eigenvalue weighted by Gasteiger charge is -2.09. The maximum atomic E-state index is 10.7. The van der Waals surface area contributed by atoms with Crippen molar-refractivity contribution in [2.45, 2.75) is 25.7 Å². The van der Waals surface area contributed by atoms with Crippen LogP contribution in [0, 0.1) is 11.8 Å². The van der Waals surface area contributed by atoms with Crippen molar-refractivity contribution < 1.29 is 14.7 Å². The minimum Gasteiger partial charge on any atom is -0.481 e. The van der Waals surface area contributed by atoms with E-state index in [0.717, 1.165) is 30.6 Å². The van der Waals surface area contributed by atoms with Gasteiger partial charge in [0.1, 0.15) is 6.29 Å². The molecular formula is C12H18O3S. The van der Waals surface area contributed by atoms with Gasteiger partial charge in [-0.3, -0.25) is 4.79 Å². The van der Waals surface area contributed by atoms with E-state index in [1.54, 1.807) is 0 Å². The highest BCUT2D eigenvalue weighted by Crippen LogP contribution is 2.31. The Bertz CT molecular complexity index is 263. The molecule has 0 bridgehead atoms. The van der Waals surface area contributed by atoms with Crippen molar-refractivity contribution in [3.8, 4) is 0 Å². The predicted octanol–water partition coefficient (Wildman–Crippen LogP) is 2.37. The average molecular weight is 242 g/mol. The first-order valence-corrected chi connectivity index (χ1v) is 6.79. The second-order valence-corrected chi connectivity index (χ2v) is 5.17. The minimum atomic E-state index is -0.735. The van der Waals surface area contributed by atoms with Gasteiger partial charge in [-0.2, -0.15) is 11.8 Å². The lowest BCUT2D eigenvalue weighted by molar-refractivity contribution is -0.137. The van der Waals surface area contributed by atoms with Crippen LogP contribution in [0.15, 0.2) is 12.2 Å². The zero-order chi connectivity index (χ0) is 11.8. The van der Waals surface area contributed by atoms with E-state index in [-0.39, 0.29) is 12.3 Å². The number of carbonyl (C=O) groups excluding carboxylic acids is 1. The molecule has 1 aliphatic heterocycles. The van der Waals surface area contributed by atoms with E-state index >= 15 is 0 Å². The number of allylic oxidation sites excluding steroid dienone is 2. The molecule has 1 heterocycles. The molecular weight excluding hydrogens is 224 g/mol. The van der Waals surface area contributed by atoms with Gasteiger partial charge in [-0.15, -0.1) is 0 Å². The summed E-state index contributed by atoms with van der Waals surface area (Å²) in [6.45, 7) is 0. The van der Waals surface area contributed by atoms with E-state index < -0.39 is 5.97 Å². The van der Waals surface area contributed by atoms with Crippen LogP contribution in [0.2, 0.25) is 0 Å². The second-order valence-electron chi connectivity index (χ2n) is 4.09. The van der Waals surface area contributed by atoms with Crippen LogP contribution < -0.4 is 0 Å². The molecule has 0 unspecified atom stereocenters. The molecule has 1 rings (SSSR count). The molecule has 1 N–H and O–H groups in total. The lowest BCUT2D eigenvalue weighted by Crippen LogP contribution is -2.12. The monoisotopic (exact) mass is 242 g/mol. The van der Waals surface area contributed by atoms with Gasteiger partial charge in [0.05, 0.1) is 0 Å². The van der Waals surface area contributed by atoms with Crippen LogP contribution >= 0.6 is 11.8 Å². The van der Waals surface area contributed by atoms with Gasteiger partial charge < -0.3 is 9.90 Å². The predicted molar refractivity (Wildman–Crippen MR) is 65.6 cm³/mol. The summed E-state index contributed by atoms with van der Waals surface area (Å²) in [5, 5.41) is 8.44. The number of rotatable bonds is 7. The van der Waals surface area contributed by atoms with Gasteiger partial charge in [0.2, 0.25) is 0 Å². The van der Waals surface area contributed by atoms with Gasteiger partial charge in [0, 0.05) is 18.1 Å². The quantitative estimate of drug-likeness (QED) is 0.423. The molecule has 0 saturated carbocycles. The Morgan fingerprint density at radius 3 is 2.88 bits per heavy atom. The summed E-state index contributed by atoms with van der Waals surface area (Å²) < 4.78 is 0. The van der Waals surface area contributed by atoms with Crippen LogP contribution in [-0.4, -0.2) is 28.9 Å². The molecule has 0 amide bonds. The third-order valence-corrected chi connectivity index (χ3v) is 4.07. The molecule has 0 aromatic heterocycles. The largest absolute Gasteiger partial charge is 0.481 e. The van der Waals surface area contributed by atoms with Crippen molar-refractivity contribution in [3.63, 3.8) is 0 Å². The third kappa shape index (κ3) is 4.84. The van der Waals surface area contributed by atoms with Gasteiger partial charge in [-0.25, -0.2) is 0 Å². The number of carbonyl (C=O) groups is 2. The zero-order valence-electron chi connectivity index (χ0n) is 9.30. The smallest absolute Gasteiger partial charge is 0.303 e. The molecule has 2 atom stereocenters. The van der Waals surface area contributed by atoms with Crippen LogP contribution in [0.3, 0.4) is 0 Å². The van der Waals surface area contributed by atoms with E-state index in [4.69, 9.17) is 5.11 Å². The van der Waals surface area contributed by atoms with Crippen LogP contribution in [0.1, 0.15) is 25.7 Å². The normalized spacial score (nSPS) is 25.0. The van der Waals surface area contributed by atoms with E-state index in [0.29, 0.717) is 12.3 Å². The molecule has 0 radical (unpaired) electrons. The summed E-state index contributed by atoms with van der Waals surface area (Å²) in [7, 11) is 0. The fraction of sp³-hybridized carbons (Fsp3) is 0.667. The highest BCUT2D eigenvalue weighted by Gasteiger charge is 2.25. The molecule has 0 aromatic carbocycles. The number of unbranched alkanes of at least 4 members (excludes halogenated alkanes) is 1.